The standard InChI is InChI=1S/C13H16BrClN2O/c1-16-7-9-4-5-17(8-9)13(18)11-6-10(15)2-3-12(11)14/h2-3,6,9,16H,4-5,7-8H2,1H3/t9-/m1/s1. The van der Waals surface area contributed by atoms with Gasteiger partial charge in [-0.3, -0.25) is 4.79 Å². The fraction of sp³-hybridized carbons (Fsp3) is 0.462. The summed E-state index contributed by atoms with van der Waals surface area (Å²) in [6.45, 7) is 2.60. The second-order valence-electron chi connectivity index (χ2n) is 4.59. The number of amides is 1. The first kappa shape index (κ1) is 13.8. The predicted octanol–water partition coefficient (Wildman–Crippen LogP) is 2.78. The van der Waals surface area contributed by atoms with Gasteiger partial charge in [-0.25, -0.2) is 0 Å². The van der Waals surface area contributed by atoms with E-state index in [1.807, 2.05) is 18.0 Å². The normalized spacial score (nSPS) is 19.3. The highest BCUT2D eigenvalue weighted by atomic mass is 79.9. The summed E-state index contributed by atoms with van der Waals surface area (Å²) in [5.41, 5.74) is 0.646. The molecule has 0 bridgehead atoms. The Morgan fingerprint density at radius 1 is 1.61 bits per heavy atom. The highest BCUT2D eigenvalue weighted by molar-refractivity contribution is 9.10. The van der Waals surface area contributed by atoms with Crippen molar-refractivity contribution in [1.82, 2.24) is 10.2 Å². The molecule has 0 aromatic heterocycles. The molecule has 5 heteroatoms. The summed E-state index contributed by atoms with van der Waals surface area (Å²) in [6.07, 6.45) is 1.06. The Bertz CT molecular complexity index is 453. The molecular formula is C13H16BrClN2O. The smallest absolute Gasteiger partial charge is 0.255 e. The minimum Gasteiger partial charge on any atom is -0.338 e. The molecule has 2 rings (SSSR count). The minimum atomic E-state index is 0.0583. The summed E-state index contributed by atoms with van der Waals surface area (Å²) in [5.74, 6) is 0.611. The van der Waals surface area contributed by atoms with Crippen molar-refractivity contribution in [2.45, 2.75) is 6.42 Å². The molecule has 1 amide bonds. The van der Waals surface area contributed by atoms with E-state index in [4.69, 9.17) is 11.6 Å². The maximum absolute atomic E-state index is 12.4. The van der Waals surface area contributed by atoms with Crippen LogP contribution in [-0.2, 0) is 0 Å². The lowest BCUT2D eigenvalue weighted by Gasteiger charge is -2.17. The molecule has 1 fully saturated rings. The van der Waals surface area contributed by atoms with Crippen molar-refractivity contribution in [3.63, 3.8) is 0 Å². The van der Waals surface area contributed by atoms with Gasteiger partial charge in [0.2, 0.25) is 0 Å². The van der Waals surface area contributed by atoms with E-state index in [0.717, 1.165) is 30.5 Å². The molecule has 1 saturated heterocycles. The second kappa shape index (κ2) is 6.04. The van der Waals surface area contributed by atoms with Crippen molar-refractivity contribution in [2.75, 3.05) is 26.7 Å². The zero-order valence-corrected chi connectivity index (χ0v) is 12.6. The largest absolute Gasteiger partial charge is 0.338 e. The van der Waals surface area contributed by atoms with Crippen LogP contribution in [0.1, 0.15) is 16.8 Å². The molecule has 1 aliphatic heterocycles. The molecule has 1 aliphatic rings. The monoisotopic (exact) mass is 330 g/mol. The summed E-state index contributed by atoms with van der Waals surface area (Å²) in [5, 5.41) is 3.75. The van der Waals surface area contributed by atoms with E-state index < -0.39 is 0 Å². The van der Waals surface area contributed by atoms with Crippen molar-refractivity contribution in [3.05, 3.63) is 33.3 Å². The Balaban J connectivity index is 2.10. The van der Waals surface area contributed by atoms with Crippen LogP contribution < -0.4 is 5.32 Å². The third-order valence-corrected chi connectivity index (χ3v) is 4.15. The van der Waals surface area contributed by atoms with Gasteiger partial charge in [0.25, 0.3) is 5.91 Å². The highest BCUT2D eigenvalue weighted by Crippen LogP contribution is 2.25. The third kappa shape index (κ3) is 3.05. The number of likely N-dealkylation sites (tertiary alicyclic amines) is 1. The molecule has 1 N–H and O–H groups in total. The third-order valence-electron chi connectivity index (χ3n) is 3.22. The molecular weight excluding hydrogens is 316 g/mol. The highest BCUT2D eigenvalue weighted by Gasteiger charge is 2.27. The lowest BCUT2D eigenvalue weighted by atomic mass is 10.1. The Hall–Kier alpha value is -0.580. The van der Waals surface area contributed by atoms with Gasteiger partial charge < -0.3 is 10.2 Å². The summed E-state index contributed by atoms with van der Waals surface area (Å²) >= 11 is 9.35. The summed E-state index contributed by atoms with van der Waals surface area (Å²) in [7, 11) is 1.94. The zero-order chi connectivity index (χ0) is 13.1. The van der Waals surface area contributed by atoms with Crippen LogP contribution in [0.5, 0.6) is 0 Å². The lowest BCUT2D eigenvalue weighted by molar-refractivity contribution is 0.0786. The molecule has 98 valence electrons. The maximum Gasteiger partial charge on any atom is 0.255 e. The molecule has 1 atom stereocenters. The first-order valence-electron chi connectivity index (χ1n) is 6.00. The SMILES string of the molecule is CNC[C@H]1CCN(C(=O)c2cc(Cl)ccc2Br)C1. The number of hydrogen-bond donors (Lipinski definition) is 1. The van der Waals surface area contributed by atoms with Gasteiger partial charge >= 0.3 is 0 Å². The van der Waals surface area contributed by atoms with Crippen LogP contribution in [0.3, 0.4) is 0 Å². The van der Waals surface area contributed by atoms with Crippen molar-refractivity contribution in [2.24, 2.45) is 5.92 Å². The Morgan fingerprint density at radius 2 is 2.39 bits per heavy atom. The summed E-state index contributed by atoms with van der Waals surface area (Å²) in [6, 6.07) is 5.31. The molecule has 1 aromatic carbocycles. The van der Waals surface area contributed by atoms with Crippen LogP contribution in [0.25, 0.3) is 0 Å². The number of nitrogens with zero attached hydrogens (tertiary/aromatic N) is 1. The molecule has 0 saturated carbocycles. The number of benzene rings is 1. The molecule has 0 unspecified atom stereocenters. The quantitative estimate of drug-likeness (QED) is 0.924. The number of halogens is 2. The summed E-state index contributed by atoms with van der Waals surface area (Å²) in [4.78, 5) is 14.3. The lowest BCUT2D eigenvalue weighted by Crippen LogP contribution is -2.30. The zero-order valence-electron chi connectivity index (χ0n) is 10.2. The number of rotatable bonds is 3. The molecule has 3 nitrogen and oxygen atoms in total. The topological polar surface area (TPSA) is 32.3 Å². The van der Waals surface area contributed by atoms with Gasteiger partial charge in [-0.2, -0.15) is 0 Å². The van der Waals surface area contributed by atoms with Gasteiger partial charge in [0.15, 0.2) is 0 Å². The van der Waals surface area contributed by atoms with Crippen molar-refractivity contribution in [3.8, 4) is 0 Å². The van der Waals surface area contributed by atoms with E-state index in [1.54, 1.807) is 12.1 Å². The molecule has 18 heavy (non-hydrogen) atoms. The average Bonchev–Trinajstić information content (AvgIpc) is 2.80. The number of nitrogens with one attached hydrogen (secondary N) is 1. The predicted molar refractivity (Wildman–Crippen MR) is 77.1 cm³/mol. The first-order chi connectivity index (χ1) is 8.61. The van der Waals surface area contributed by atoms with Crippen LogP contribution in [0.15, 0.2) is 22.7 Å². The Kier molecular flexibility index (Phi) is 4.65. The van der Waals surface area contributed by atoms with Crippen LogP contribution in [0.2, 0.25) is 5.02 Å². The molecule has 1 heterocycles. The van der Waals surface area contributed by atoms with Crippen molar-refractivity contribution in [1.29, 1.82) is 0 Å². The Morgan fingerprint density at radius 3 is 3.11 bits per heavy atom. The van der Waals surface area contributed by atoms with E-state index in [1.165, 1.54) is 0 Å². The fourth-order valence-corrected chi connectivity index (χ4v) is 2.89. The van der Waals surface area contributed by atoms with Gasteiger partial charge in [-0.1, -0.05) is 11.6 Å². The maximum atomic E-state index is 12.4. The van der Waals surface area contributed by atoms with Crippen molar-refractivity contribution < 1.29 is 4.79 Å². The minimum absolute atomic E-state index is 0.0583. The van der Waals surface area contributed by atoms with Gasteiger partial charge in [-0.05, 0) is 60.1 Å². The molecule has 0 spiro atoms. The van der Waals surface area contributed by atoms with Gasteiger partial charge in [0.1, 0.15) is 0 Å². The number of carbonyl (C=O) groups is 1. The van der Waals surface area contributed by atoms with E-state index in [2.05, 4.69) is 21.2 Å². The second-order valence-corrected chi connectivity index (χ2v) is 5.88. The van der Waals surface area contributed by atoms with Crippen molar-refractivity contribution >= 4 is 33.4 Å². The fourth-order valence-electron chi connectivity index (χ4n) is 2.30. The van der Waals surface area contributed by atoms with Gasteiger partial charge in [-0.15, -0.1) is 0 Å². The van der Waals surface area contributed by atoms with Crippen LogP contribution in [0.4, 0.5) is 0 Å². The van der Waals surface area contributed by atoms with E-state index >= 15 is 0 Å². The van der Waals surface area contributed by atoms with Crippen LogP contribution >= 0.6 is 27.5 Å². The number of hydrogen-bond acceptors (Lipinski definition) is 2. The Labute approximate surface area is 121 Å². The molecule has 0 radical (unpaired) electrons. The molecule has 0 aliphatic carbocycles. The first-order valence-corrected chi connectivity index (χ1v) is 7.18. The van der Waals surface area contributed by atoms with E-state index in [9.17, 15) is 4.79 Å². The number of carbonyl (C=O) groups excluding carboxylic acids is 1. The van der Waals surface area contributed by atoms with Crippen LogP contribution in [0, 0.1) is 5.92 Å². The molecule has 1 aromatic rings. The summed E-state index contributed by atoms with van der Waals surface area (Å²) < 4.78 is 0.800. The van der Waals surface area contributed by atoms with Gasteiger partial charge in [0.05, 0.1) is 5.56 Å². The van der Waals surface area contributed by atoms with Crippen LogP contribution in [-0.4, -0.2) is 37.5 Å². The van der Waals surface area contributed by atoms with Gasteiger partial charge in [0, 0.05) is 22.6 Å². The van der Waals surface area contributed by atoms with E-state index in [-0.39, 0.29) is 5.91 Å². The van der Waals surface area contributed by atoms with E-state index in [0.29, 0.717) is 16.5 Å². The average molecular weight is 332 g/mol.